The van der Waals surface area contributed by atoms with Crippen LogP contribution >= 0.6 is 11.3 Å². The van der Waals surface area contributed by atoms with Crippen molar-refractivity contribution in [3.05, 3.63) is 41.8 Å². The van der Waals surface area contributed by atoms with Crippen molar-refractivity contribution in [3.8, 4) is 29.1 Å². The van der Waals surface area contributed by atoms with Gasteiger partial charge in [0.05, 0.1) is 24.9 Å². The molecule has 0 radical (unpaired) electrons. The first-order chi connectivity index (χ1) is 26.7. The molecule has 56 heavy (non-hydrogen) atoms. The van der Waals surface area contributed by atoms with Crippen molar-refractivity contribution in [1.29, 1.82) is 5.26 Å². The average Bonchev–Trinajstić information content (AvgIpc) is 3.40. The van der Waals surface area contributed by atoms with E-state index in [1.54, 1.807) is 52.3 Å². The number of benzene rings is 1. The third kappa shape index (κ3) is 9.32. The number of ether oxygens (including phenoxy) is 3. The van der Waals surface area contributed by atoms with E-state index in [0.717, 1.165) is 24.4 Å². The number of methoxy groups -OCH3 is 1. The Balaban J connectivity index is 1.35. The lowest BCUT2D eigenvalue weighted by atomic mass is 10.0. The number of pyridine rings is 1. The highest BCUT2D eigenvalue weighted by atomic mass is 32.1. The fraction of sp³-hybridized carbons (Fsp3) is 0.525. The molecule has 3 aliphatic rings. The van der Waals surface area contributed by atoms with Gasteiger partial charge in [-0.1, -0.05) is 25.0 Å². The quantitative estimate of drug-likeness (QED) is 0.129. The van der Waals surface area contributed by atoms with Gasteiger partial charge in [-0.15, -0.1) is 11.3 Å². The zero-order valence-electron chi connectivity index (χ0n) is 32.6. The number of nitriles is 1. The highest BCUT2D eigenvalue weighted by Crippen LogP contribution is 2.45. The van der Waals surface area contributed by atoms with Crippen LogP contribution in [0.5, 0.6) is 11.5 Å². The number of anilines is 1. The van der Waals surface area contributed by atoms with Gasteiger partial charge >= 0.3 is 6.09 Å². The number of hydrogen-bond acceptors (Lipinski definition) is 12. The molecule has 5 atom stereocenters. The maximum atomic E-state index is 14.6. The van der Waals surface area contributed by atoms with Gasteiger partial charge in [0.1, 0.15) is 46.5 Å². The Kier molecular flexibility index (Phi) is 12.0. The predicted molar refractivity (Wildman–Crippen MR) is 211 cm³/mol. The first kappa shape index (κ1) is 40.2. The summed E-state index contributed by atoms with van der Waals surface area (Å²) in [6, 6.07) is 5.40. The number of allylic oxidation sites excluding steroid dienone is 1. The van der Waals surface area contributed by atoms with Crippen LogP contribution in [0.15, 0.2) is 41.8 Å². The van der Waals surface area contributed by atoms with Gasteiger partial charge in [0.15, 0.2) is 11.3 Å². The summed E-state index contributed by atoms with van der Waals surface area (Å²) in [5.74, 6) is -0.869. The molecule has 1 saturated heterocycles. The molecule has 15 nitrogen and oxygen atoms in total. The second-order valence-electron chi connectivity index (χ2n) is 15.8. The summed E-state index contributed by atoms with van der Waals surface area (Å²) in [5.41, 5.74) is -0.321. The largest absolute Gasteiger partial charge is 0.497 e. The van der Waals surface area contributed by atoms with Gasteiger partial charge < -0.3 is 35.1 Å². The van der Waals surface area contributed by atoms with E-state index in [-0.39, 0.29) is 24.9 Å². The average molecular weight is 787 g/mol. The molecule has 1 aliphatic carbocycles. The van der Waals surface area contributed by atoms with Crippen LogP contribution < -0.4 is 30.7 Å². The fourth-order valence-electron chi connectivity index (χ4n) is 7.19. The topological polar surface area (TPSA) is 197 Å². The molecule has 1 aromatic carbocycles. The van der Waals surface area contributed by atoms with Crippen LogP contribution in [-0.2, 0) is 19.1 Å². The summed E-state index contributed by atoms with van der Waals surface area (Å²) in [6.45, 7) is 9.30. The Morgan fingerprint density at radius 2 is 1.93 bits per heavy atom. The summed E-state index contributed by atoms with van der Waals surface area (Å²) in [6.07, 6.45) is 7.90. The molecule has 1 saturated carbocycles. The lowest BCUT2D eigenvalue weighted by molar-refractivity contribution is -0.141. The van der Waals surface area contributed by atoms with Crippen LogP contribution in [0.4, 0.5) is 9.93 Å². The van der Waals surface area contributed by atoms with Crippen LogP contribution in [0, 0.1) is 17.4 Å². The number of rotatable bonds is 8. The summed E-state index contributed by atoms with van der Waals surface area (Å²) in [7, 11) is 1.58. The minimum absolute atomic E-state index is 0.0125. The van der Waals surface area contributed by atoms with E-state index in [2.05, 4.69) is 21.3 Å². The van der Waals surface area contributed by atoms with Gasteiger partial charge in [-0.25, -0.2) is 14.8 Å². The number of alkyl carbamates (subject to hydrolysis) is 1. The van der Waals surface area contributed by atoms with Crippen LogP contribution in [0.3, 0.4) is 0 Å². The van der Waals surface area contributed by atoms with Gasteiger partial charge in [0.25, 0.3) is 5.91 Å². The minimum Gasteiger partial charge on any atom is -0.497 e. The number of carbonyl (C=O) groups is 4. The number of fused-ring (bicyclic) bond motifs is 3. The second-order valence-corrected chi connectivity index (χ2v) is 16.7. The third-order valence-corrected chi connectivity index (χ3v) is 10.7. The Morgan fingerprint density at radius 1 is 1.12 bits per heavy atom. The maximum absolute atomic E-state index is 14.6. The van der Waals surface area contributed by atoms with E-state index in [9.17, 15) is 24.4 Å². The van der Waals surface area contributed by atoms with Crippen molar-refractivity contribution in [2.24, 2.45) is 5.92 Å². The zero-order valence-corrected chi connectivity index (χ0v) is 33.5. The molecule has 4 heterocycles. The summed E-state index contributed by atoms with van der Waals surface area (Å²) in [5, 5.41) is 23.9. The molecular formula is C40H50N8O7S. The molecule has 6 rings (SSSR count). The van der Waals surface area contributed by atoms with E-state index in [1.165, 1.54) is 16.2 Å². The Morgan fingerprint density at radius 3 is 2.66 bits per heavy atom. The number of carbonyl (C=O) groups excluding carboxylic acids is 4. The lowest BCUT2D eigenvalue weighted by Gasteiger charge is -2.30. The molecular weight excluding hydrogens is 737 g/mol. The third-order valence-electron chi connectivity index (χ3n) is 9.96. The van der Waals surface area contributed by atoms with Gasteiger partial charge in [-0.05, 0) is 72.4 Å². The van der Waals surface area contributed by atoms with Crippen LogP contribution in [0.1, 0.15) is 79.6 Å². The molecule has 2 aromatic heterocycles. The van der Waals surface area contributed by atoms with Crippen molar-refractivity contribution >= 4 is 51.2 Å². The normalized spacial score (nSPS) is 24.7. The van der Waals surface area contributed by atoms with Crippen molar-refractivity contribution in [2.45, 2.75) is 115 Å². The standard InChI is InChI=1S/C40H50N8O7S/c1-23(2)43-37-45-31(21-56-37)30-18-33(27-15-14-25(53-6)16-29(27)44-30)54-26-17-32-34(49)47-40(36(51)42-22-41)19-24(40)12-10-8-7-9-11-13-28(35(50)48(32)20-26)46-38(52)55-39(3,4)5/h10,12,14-16,18,21,23-24,26,28,32H,7-9,11,13,17,19-20H2,1-6H3,(H,42,51)(H,43,45)(H,46,52)(H,47,49)/b12-10+/t24?,26-,28-,32+,40-/m1/s1. The van der Waals surface area contributed by atoms with Crippen LogP contribution in [-0.4, -0.2) is 87.7 Å². The van der Waals surface area contributed by atoms with Crippen molar-refractivity contribution in [3.63, 3.8) is 0 Å². The minimum atomic E-state index is -1.34. The Bertz CT molecular complexity index is 2040. The Hall–Kier alpha value is -5.43. The summed E-state index contributed by atoms with van der Waals surface area (Å²) >= 11 is 1.46. The monoisotopic (exact) mass is 786 g/mol. The first-order valence-corrected chi connectivity index (χ1v) is 19.9. The summed E-state index contributed by atoms with van der Waals surface area (Å²) in [4.78, 5) is 66.3. The molecule has 2 fully saturated rings. The lowest BCUT2D eigenvalue weighted by Crippen LogP contribution is -2.57. The van der Waals surface area contributed by atoms with Crippen molar-refractivity contribution in [2.75, 3.05) is 19.0 Å². The molecule has 0 bridgehead atoms. The number of aromatic nitrogens is 2. The van der Waals surface area contributed by atoms with E-state index < -0.39 is 53.1 Å². The van der Waals surface area contributed by atoms with E-state index in [4.69, 9.17) is 24.2 Å². The van der Waals surface area contributed by atoms with E-state index in [1.807, 2.05) is 37.4 Å². The predicted octanol–water partition coefficient (Wildman–Crippen LogP) is 5.42. The number of nitrogens with zero attached hydrogens (tertiary/aromatic N) is 4. The molecule has 4 amide bonds. The molecule has 2 aliphatic heterocycles. The van der Waals surface area contributed by atoms with Gasteiger partial charge in [0, 0.05) is 41.3 Å². The highest BCUT2D eigenvalue weighted by molar-refractivity contribution is 7.14. The van der Waals surface area contributed by atoms with Crippen LogP contribution in [0.25, 0.3) is 22.3 Å². The molecule has 4 N–H and O–H groups in total. The highest BCUT2D eigenvalue weighted by Gasteiger charge is 2.61. The molecule has 0 spiro atoms. The van der Waals surface area contributed by atoms with E-state index in [0.29, 0.717) is 53.1 Å². The first-order valence-electron chi connectivity index (χ1n) is 19.1. The molecule has 3 aromatic rings. The second kappa shape index (κ2) is 16.7. The maximum Gasteiger partial charge on any atom is 0.408 e. The number of nitrogens with one attached hydrogen (secondary N) is 4. The van der Waals surface area contributed by atoms with Gasteiger partial charge in [-0.3, -0.25) is 19.7 Å². The molecule has 16 heteroatoms. The summed E-state index contributed by atoms with van der Waals surface area (Å²) < 4.78 is 17.7. The SMILES string of the molecule is COc1ccc2c(O[C@@H]3C[C@H]4C(=O)N[C@]5(C(=O)NC#N)CC5/C=C/CCCCC[C@@H](NC(=O)OC(C)(C)C)C(=O)N4C3)cc(-c3csc(NC(C)C)n3)nc2c1. The number of amides is 4. The fourth-order valence-corrected chi connectivity index (χ4v) is 8.05. The zero-order chi connectivity index (χ0) is 40.2. The van der Waals surface area contributed by atoms with E-state index >= 15 is 0 Å². The molecule has 298 valence electrons. The number of thiazole rings is 1. The van der Waals surface area contributed by atoms with Gasteiger partial charge in [-0.2, -0.15) is 5.26 Å². The number of hydrogen-bond donors (Lipinski definition) is 4. The van der Waals surface area contributed by atoms with Gasteiger partial charge in [0.2, 0.25) is 11.8 Å². The molecule has 1 unspecified atom stereocenters. The van der Waals surface area contributed by atoms with Crippen LogP contribution in [0.2, 0.25) is 0 Å². The van der Waals surface area contributed by atoms with Crippen molar-refractivity contribution < 1.29 is 33.4 Å². The Labute approximate surface area is 330 Å². The van der Waals surface area contributed by atoms with Crippen molar-refractivity contribution in [1.82, 2.24) is 30.8 Å². The smallest absolute Gasteiger partial charge is 0.408 e.